The average molecular weight is 405 g/mol. The van der Waals surface area contributed by atoms with Crippen LogP contribution < -0.4 is 0 Å². The van der Waals surface area contributed by atoms with E-state index in [1.165, 1.54) is 0 Å². The molecule has 6 heteroatoms. The lowest BCUT2D eigenvalue weighted by molar-refractivity contribution is 0.880. The van der Waals surface area contributed by atoms with Crippen LogP contribution in [0.1, 0.15) is 18.1 Å². The first-order valence-corrected chi connectivity index (χ1v) is 8.24. The second-order valence-electron chi connectivity index (χ2n) is 4.62. The molecule has 2 nitrogen and oxygen atoms in total. The number of hydrogen-bond donors (Lipinski definition) is 0. The summed E-state index contributed by atoms with van der Waals surface area (Å²) in [5.41, 5.74) is 2.55. The SMILES string of the molecule is CC(Cl)c1nc2cccc(Cl)c2n1-c1ccc(Cl)cc1Br. The van der Waals surface area contributed by atoms with E-state index in [1.54, 1.807) is 0 Å². The summed E-state index contributed by atoms with van der Waals surface area (Å²) in [6.07, 6.45) is 0. The lowest BCUT2D eigenvalue weighted by atomic mass is 10.2. The molecule has 0 amide bonds. The van der Waals surface area contributed by atoms with Gasteiger partial charge in [0, 0.05) is 9.50 Å². The molecule has 0 radical (unpaired) electrons. The summed E-state index contributed by atoms with van der Waals surface area (Å²) in [4.78, 5) is 4.61. The molecule has 0 spiro atoms. The lowest BCUT2D eigenvalue weighted by Gasteiger charge is -2.13. The van der Waals surface area contributed by atoms with Crippen molar-refractivity contribution in [2.45, 2.75) is 12.3 Å². The van der Waals surface area contributed by atoms with Gasteiger partial charge in [0.1, 0.15) is 5.82 Å². The Balaban J connectivity index is 2.41. The van der Waals surface area contributed by atoms with E-state index in [-0.39, 0.29) is 5.38 Å². The summed E-state index contributed by atoms with van der Waals surface area (Å²) >= 11 is 22.2. The van der Waals surface area contributed by atoms with Gasteiger partial charge >= 0.3 is 0 Å². The zero-order valence-electron chi connectivity index (χ0n) is 10.9. The molecule has 2 aromatic carbocycles. The zero-order valence-corrected chi connectivity index (χ0v) is 14.8. The highest BCUT2D eigenvalue weighted by molar-refractivity contribution is 9.10. The number of nitrogens with zero attached hydrogens (tertiary/aromatic N) is 2. The smallest absolute Gasteiger partial charge is 0.132 e. The minimum atomic E-state index is -0.254. The number of para-hydroxylation sites is 1. The molecule has 0 bridgehead atoms. The second-order valence-corrected chi connectivity index (χ2v) is 6.98. The van der Waals surface area contributed by atoms with Crippen molar-refractivity contribution in [3.63, 3.8) is 0 Å². The first kappa shape index (κ1) is 15.2. The Bertz CT molecular complexity index is 827. The quantitative estimate of drug-likeness (QED) is 0.452. The molecule has 1 atom stereocenters. The molecular weight excluding hydrogens is 394 g/mol. The maximum atomic E-state index is 6.37. The number of aromatic nitrogens is 2. The molecule has 108 valence electrons. The topological polar surface area (TPSA) is 17.8 Å². The summed E-state index contributed by atoms with van der Waals surface area (Å²) in [6.45, 7) is 1.89. The van der Waals surface area contributed by atoms with Gasteiger partial charge in [-0.15, -0.1) is 11.6 Å². The highest BCUT2D eigenvalue weighted by Crippen LogP contribution is 2.35. The Morgan fingerprint density at radius 3 is 2.62 bits per heavy atom. The van der Waals surface area contributed by atoms with E-state index in [2.05, 4.69) is 20.9 Å². The van der Waals surface area contributed by atoms with E-state index in [1.807, 2.05) is 47.9 Å². The highest BCUT2D eigenvalue weighted by atomic mass is 79.9. The molecule has 0 N–H and O–H groups in total. The molecular formula is C15H10BrCl3N2. The third-order valence-corrected chi connectivity index (χ3v) is 4.53. The van der Waals surface area contributed by atoms with Crippen molar-refractivity contribution in [1.82, 2.24) is 9.55 Å². The van der Waals surface area contributed by atoms with Crippen molar-refractivity contribution in [3.8, 4) is 5.69 Å². The Kier molecular flexibility index (Phi) is 4.19. The Hall–Kier alpha value is -0.740. The average Bonchev–Trinajstić information content (AvgIpc) is 2.80. The summed E-state index contributed by atoms with van der Waals surface area (Å²) in [5.74, 6) is 0.739. The van der Waals surface area contributed by atoms with Gasteiger partial charge in [0.2, 0.25) is 0 Å². The van der Waals surface area contributed by atoms with Crippen molar-refractivity contribution in [2.75, 3.05) is 0 Å². The van der Waals surface area contributed by atoms with Gasteiger partial charge in [-0.25, -0.2) is 4.98 Å². The molecule has 1 aromatic heterocycles. The van der Waals surface area contributed by atoms with Crippen LogP contribution in [0.5, 0.6) is 0 Å². The molecule has 1 heterocycles. The fraction of sp³-hybridized carbons (Fsp3) is 0.133. The van der Waals surface area contributed by atoms with Gasteiger partial charge in [-0.1, -0.05) is 29.3 Å². The van der Waals surface area contributed by atoms with Crippen LogP contribution in [0.25, 0.3) is 16.7 Å². The van der Waals surface area contributed by atoms with Crippen molar-refractivity contribution < 1.29 is 0 Å². The van der Waals surface area contributed by atoms with Crippen LogP contribution in [0, 0.1) is 0 Å². The van der Waals surface area contributed by atoms with Crippen molar-refractivity contribution in [3.05, 3.63) is 56.7 Å². The number of fused-ring (bicyclic) bond motifs is 1. The van der Waals surface area contributed by atoms with Crippen molar-refractivity contribution in [1.29, 1.82) is 0 Å². The first-order chi connectivity index (χ1) is 9.99. The van der Waals surface area contributed by atoms with Crippen LogP contribution in [-0.4, -0.2) is 9.55 Å². The van der Waals surface area contributed by atoms with Crippen LogP contribution >= 0.6 is 50.7 Å². The van der Waals surface area contributed by atoms with Crippen molar-refractivity contribution in [2.24, 2.45) is 0 Å². The third-order valence-electron chi connectivity index (χ3n) is 3.16. The van der Waals surface area contributed by atoms with Gasteiger partial charge in [0.15, 0.2) is 0 Å². The maximum Gasteiger partial charge on any atom is 0.132 e. The molecule has 3 aromatic rings. The van der Waals surface area contributed by atoms with Gasteiger partial charge in [-0.05, 0) is 53.2 Å². The molecule has 0 aliphatic carbocycles. The predicted molar refractivity (Wildman–Crippen MR) is 93.1 cm³/mol. The summed E-state index contributed by atoms with van der Waals surface area (Å²) in [6, 6.07) is 11.2. The minimum absolute atomic E-state index is 0.254. The predicted octanol–water partition coefficient (Wildman–Crippen LogP) is 6.39. The number of hydrogen-bond acceptors (Lipinski definition) is 1. The van der Waals surface area contributed by atoms with Crippen LogP contribution in [0.3, 0.4) is 0 Å². The normalized spacial score (nSPS) is 12.8. The molecule has 21 heavy (non-hydrogen) atoms. The molecule has 0 fully saturated rings. The monoisotopic (exact) mass is 402 g/mol. The number of benzene rings is 2. The molecule has 3 rings (SSSR count). The van der Waals surface area contributed by atoms with E-state index >= 15 is 0 Å². The number of alkyl halides is 1. The summed E-state index contributed by atoms with van der Waals surface area (Å²) < 4.78 is 2.82. The summed E-state index contributed by atoms with van der Waals surface area (Å²) in [7, 11) is 0. The van der Waals surface area contributed by atoms with E-state index < -0.39 is 0 Å². The zero-order chi connectivity index (χ0) is 15.1. The molecule has 1 unspecified atom stereocenters. The molecule has 0 saturated carbocycles. The van der Waals surface area contributed by atoms with Gasteiger partial charge in [0.05, 0.1) is 27.1 Å². The van der Waals surface area contributed by atoms with Gasteiger partial charge in [-0.3, -0.25) is 4.57 Å². The summed E-state index contributed by atoms with van der Waals surface area (Å²) in [5, 5.41) is 1.03. The third kappa shape index (κ3) is 2.68. The van der Waals surface area contributed by atoms with Gasteiger partial charge < -0.3 is 0 Å². The molecule has 0 saturated heterocycles. The Labute approximate surface area is 145 Å². The minimum Gasteiger partial charge on any atom is -0.292 e. The number of halogens is 4. The lowest BCUT2D eigenvalue weighted by Crippen LogP contribution is -2.03. The number of imidazole rings is 1. The van der Waals surface area contributed by atoms with Gasteiger partial charge in [-0.2, -0.15) is 0 Å². The van der Waals surface area contributed by atoms with Crippen LogP contribution in [0.15, 0.2) is 40.9 Å². The Morgan fingerprint density at radius 1 is 1.19 bits per heavy atom. The maximum absolute atomic E-state index is 6.37. The largest absolute Gasteiger partial charge is 0.292 e. The molecule has 0 aliphatic heterocycles. The standard InChI is InChI=1S/C15H10BrCl3N2/c1-8(17)15-20-12-4-2-3-11(19)14(12)21(15)13-6-5-9(18)7-10(13)16/h2-8H,1H3. The van der Waals surface area contributed by atoms with Crippen LogP contribution in [-0.2, 0) is 0 Å². The van der Waals surface area contributed by atoms with E-state index in [9.17, 15) is 0 Å². The van der Waals surface area contributed by atoms with Crippen molar-refractivity contribution >= 4 is 61.8 Å². The fourth-order valence-corrected chi connectivity index (χ4v) is 3.54. The van der Waals surface area contributed by atoms with E-state index in [0.717, 1.165) is 27.0 Å². The highest BCUT2D eigenvalue weighted by Gasteiger charge is 2.19. The van der Waals surface area contributed by atoms with E-state index in [0.29, 0.717) is 10.0 Å². The van der Waals surface area contributed by atoms with Gasteiger partial charge in [0.25, 0.3) is 0 Å². The first-order valence-electron chi connectivity index (χ1n) is 6.25. The molecule has 0 aliphatic rings. The number of rotatable bonds is 2. The second kappa shape index (κ2) is 5.81. The van der Waals surface area contributed by atoms with E-state index in [4.69, 9.17) is 34.8 Å². The van der Waals surface area contributed by atoms with Crippen LogP contribution in [0.2, 0.25) is 10.0 Å². The fourth-order valence-electron chi connectivity index (χ4n) is 2.28. The Morgan fingerprint density at radius 2 is 1.95 bits per heavy atom. The van der Waals surface area contributed by atoms with Crippen LogP contribution in [0.4, 0.5) is 0 Å².